The molecule has 2 heterocycles. The van der Waals surface area contributed by atoms with Crippen LogP contribution in [0.2, 0.25) is 0 Å². The highest BCUT2D eigenvalue weighted by atomic mass is 16.2. The van der Waals surface area contributed by atoms with Crippen LogP contribution in [0.3, 0.4) is 0 Å². The number of nitrogens with zero attached hydrogens (tertiary/aromatic N) is 2. The van der Waals surface area contributed by atoms with Gasteiger partial charge >= 0.3 is 0 Å². The first kappa shape index (κ1) is 15.8. The summed E-state index contributed by atoms with van der Waals surface area (Å²) in [6, 6.07) is 0. The molecular formula is C17H32N2O. The van der Waals surface area contributed by atoms with Crippen LogP contribution < -0.4 is 0 Å². The molecule has 0 aromatic rings. The minimum Gasteiger partial charge on any atom is -0.342 e. The highest BCUT2D eigenvalue weighted by Gasteiger charge is 2.44. The lowest BCUT2D eigenvalue weighted by Gasteiger charge is -2.54. The van der Waals surface area contributed by atoms with Gasteiger partial charge in [-0.1, -0.05) is 27.7 Å². The first-order chi connectivity index (χ1) is 9.42. The standard InChI is InChI=1S/C17H32N2O/c1-14(2)6-5-9-18-12-17(13-18)7-10-19(11-8-17)16(20)15(3)4/h14-15H,5-13H2,1-4H3. The number of amides is 1. The summed E-state index contributed by atoms with van der Waals surface area (Å²) in [5, 5.41) is 0. The Morgan fingerprint density at radius 2 is 1.70 bits per heavy atom. The average Bonchev–Trinajstić information content (AvgIpc) is 2.36. The van der Waals surface area contributed by atoms with E-state index in [1.807, 2.05) is 13.8 Å². The summed E-state index contributed by atoms with van der Waals surface area (Å²) in [5.41, 5.74) is 0.547. The Hall–Kier alpha value is -0.570. The van der Waals surface area contributed by atoms with Crippen molar-refractivity contribution in [2.75, 3.05) is 32.7 Å². The summed E-state index contributed by atoms with van der Waals surface area (Å²) in [7, 11) is 0. The van der Waals surface area contributed by atoms with Crippen LogP contribution >= 0.6 is 0 Å². The predicted molar refractivity (Wildman–Crippen MR) is 83.6 cm³/mol. The predicted octanol–water partition coefficient (Wildman–Crippen LogP) is 3.00. The van der Waals surface area contributed by atoms with E-state index < -0.39 is 0 Å². The molecule has 1 spiro atoms. The zero-order chi connectivity index (χ0) is 14.8. The smallest absolute Gasteiger partial charge is 0.225 e. The minimum atomic E-state index is 0.151. The molecule has 116 valence electrons. The van der Waals surface area contributed by atoms with Gasteiger partial charge in [-0.3, -0.25) is 4.79 Å². The van der Waals surface area contributed by atoms with E-state index in [0.29, 0.717) is 11.3 Å². The van der Waals surface area contributed by atoms with Crippen molar-refractivity contribution in [3.05, 3.63) is 0 Å². The number of rotatable bonds is 5. The first-order valence-corrected chi connectivity index (χ1v) is 8.43. The molecule has 0 atom stereocenters. The van der Waals surface area contributed by atoms with Crippen molar-refractivity contribution in [2.45, 2.75) is 53.4 Å². The fourth-order valence-electron chi connectivity index (χ4n) is 3.67. The SMILES string of the molecule is CC(C)CCCN1CC2(CCN(C(=O)C(C)C)CC2)C1. The summed E-state index contributed by atoms with van der Waals surface area (Å²) < 4.78 is 0. The molecule has 3 nitrogen and oxygen atoms in total. The summed E-state index contributed by atoms with van der Waals surface area (Å²) in [5.74, 6) is 1.32. The van der Waals surface area contributed by atoms with Crippen LogP contribution in [-0.4, -0.2) is 48.4 Å². The van der Waals surface area contributed by atoms with Crippen molar-refractivity contribution in [1.82, 2.24) is 9.80 Å². The summed E-state index contributed by atoms with van der Waals surface area (Å²) in [6.45, 7) is 14.4. The third-order valence-electron chi connectivity index (χ3n) is 5.00. The number of hydrogen-bond acceptors (Lipinski definition) is 2. The Morgan fingerprint density at radius 1 is 1.10 bits per heavy atom. The van der Waals surface area contributed by atoms with Crippen LogP contribution in [0.1, 0.15) is 53.4 Å². The van der Waals surface area contributed by atoms with Crippen molar-refractivity contribution in [3.8, 4) is 0 Å². The summed E-state index contributed by atoms with van der Waals surface area (Å²) >= 11 is 0. The fourth-order valence-corrected chi connectivity index (χ4v) is 3.67. The van der Waals surface area contributed by atoms with Crippen LogP contribution in [0, 0.1) is 17.3 Å². The van der Waals surface area contributed by atoms with E-state index >= 15 is 0 Å². The maximum Gasteiger partial charge on any atom is 0.225 e. The van der Waals surface area contributed by atoms with Gasteiger partial charge in [0, 0.05) is 32.1 Å². The molecular weight excluding hydrogens is 248 g/mol. The average molecular weight is 280 g/mol. The van der Waals surface area contributed by atoms with Gasteiger partial charge in [-0.2, -0.15) is 0 Å². The fraction of sp³-hybridized carbons (Fsp3) is 0.941. The molecule has 0 radical (unpaired) electrons. The molecule has 2 rings (SSSR count). The number of carbonyl (C=O) groups excluding carboxylic acids is 1. The van der Waals surface area contributed by atoms with Gasteiger partial charge in [0.2, 0.25) is 5.91 Å². The zero-order valence-corrected chi connectivity index (χ0v) is 13.8. The second kappa shape index (κ2) is 6.46. The Bertz CT molecular complexity index is 322. The minimum absolute atomic E-state index is 0.151. The number of carbonyl (C=O) groups is 1. The van der Waals surface area contributed by atoms with E-state index in [1.54, 1.807) is 0 Å². The second-order valence-corrected chi connectivity index (χ2v) is 7.73. The van der Waals surface area contributed by atoms with Crippen molar-refractivity contribution in [1.29, 1.82) is 0 Å². The maximum absolute atomic E-state index is 12.0. The van der Waals surface area contributed by atoms with Gasteiger partial charge < -0.3 is 9.80 Å². The topological polar surface area (TPSA) is 23.6 Å². The Kier molecular flexibility index (Phi) is 5.11. The van der Waals surface area contributed by atoms with E-state index in [4.69, 9.17) is 0 Å². The molecule has 0 N–H and O–H groups in total. The lowest BCUT2D eigenvalue weighted by Crippen LogP contribution is -2.61. The molecule has 0 aliphatic carbocycles. The second-order valence-electron chi connectivity index (χ2n) is 7.73. The first-order valence-electron chi connectivity index (χ1n) is 8.43. The van der Waals surface area contributed by atoms with E-state index in [-0.39, 0.29) is 5.92 Å². The summed E-state index contributed by atoms with van der Waals surface area (Å²) in [4.78, 5) is 16.7. The number of likely N-dealkylation sites (tertiary alicyclic amines) is 2. The van der Waals surface area contributed by atoms with Crippen molar-refractivity contribution >= 4 is 5.91 Å². The molecule has 0 bridgehead atoms. The maximum atomic E-state index is 12.0. The Labute approximate surface area is 124 Å². The van der Waals surface area contributed by atoms with E-state index in [9.17, 15) is 4.79 Å². The molecule has 20 heavy (non-hydrogen) atoms. The molecule has 2 aliphatic heterocycles. The van der Waals surface area contributed by atoms with Gasteiger partial charge in [-0.25, -0.2) is 0 Å². The van der Waals surface area contributed by atoms with E-state index in [1.165, 1.54) is 45.3 Å². The number of hydrogen-bond donors (Lipinski definition) is 0. The van der Waals surface area contributed by atoms with Gasteiger partial charge in [0.05, 0.1) is 0 Å². The Morgan fingerprint density at radius 3 is 2.20 bits per heavy atom. The van der Waals surface area contributed by atoms with E-state index in [2.05, 4.69) is 23.6 Å². The van der Waals surface area contributed by atoms with Crippen LogP contribution in [0.25, 0.3) is 0 Å². The lowest BCUT2D eigenvalue weighted by molar-refractivity contribution is -0.139. The molecule has 0 aromatic heterocycles. The molecule has 2 saturated heterocycles. The van der Waals surface area contributed by atoms with Crippen molar-refractivity contribution in [3.63, 3.8) is 0 Å². The molecule has 0 saturated carbocycles. The molecule has 1 amide bonds. The van der Waals surface area contributed by atoms with Gasteiger partial charge in [0.1, 0.15) is 0 Å². The largest absolute Gasteiger partial charge is 0.342 e. The monoisotopic (exact) mass is 280 g/mol. The third-order valence-corrected chi connectivity index (χ3v) is 5.00. The Balaban J connectivity index is 1.67. The zero-order valence-electron chi connectivity index (χ0n) is 13.8. The highest BCUT2D eigenvalue weighted by molar-refractivity contribution is 5.78. The van der Waals surface area contributed by atoms with Gasteiger partial charge in [0.15, 0.2) is 0 Å². The van der Waals surface area contributed by atoms with Gasteiger partial charge in [0.25, 0.3) is 0 Å². The van der Waals surface area contributed by atoms with Crippen LogP contribution in [0.5, 0.6) is 0 Å². The molecule has 2 aliphatic rings. The molecule has 0 unspecified atom stereocenters. The third kappa shape index (κ3) is 3.75. The highest BCUT2D eigenvalue weighted by Crippen LogP contribution is 2.40. The quantitative estimate of drug-likeness (QED) is 0.773. The normalized spacial score (nSPS) is 22.6. The molecule has 0 aromatic carbocycles. The molecule has 3 heteroatoms. The van der Waals surface area contributed by atoms with Crippen molar-refractivity contribution < 1.29 is 4.79 Å². The van der Waals surface area contributed by atoms with Crippen LogP contribution in [0.15, 0.2) is 0 Å². The van der Waals surface area contributed by atoms with Crippen LogP contribution in [-0.2, 0) is 4.79 Å². The van der Waals surface area contributed by atoms with Gasteiger partial charge in [-0.15, -0.1) is 0 Å². The van der Waals surface area contributed by atoms with Crippen molar-refractivity contribution in [2.24, 2.45) is 17.3 Å². The van der Waals surface area contributed by atoms with E-state index in [0.717, 1.165) is 19.0 Å². The lowest BCUT2D eigenvalue weighted by atomic mass is 9.72. The van der Waals surface area contributed by atoms with Crippen LogP contribution in [0.4, 0.5) is 0 Å². The van der Waals surface area contributed by atoms with Gasteiger partial charge in [-0.05, 0) is 43.6 Å². The number of piperidine rings is 1. The molecule has 2 fully saturated rings. The summed E-state index contributed by atoms with van der Waals surface area (Å²) in [6.07, 6.45) is 5.12.